The highest BCUT2D eigenvalue weighted by Gasteiger charge is 2.15. The van der Waals surface area contributed by atoms with Crippen LogP contribution in [0.1, 0.15) is 15.2 Å². The molecule has 1 heterocycles. The van der Waals surface area contributed by atoms with Crippen molar-refractivity contribution in [1.82, 2.24) is 0 Å². The van der Waals surface area contributed by atoms with E-state index in [1.54, 1.807) is 23.6 Å². The molecule has 0 spiro atoms. The van der Waals surface area contributed by atoms with E-state index >= 15 is 0 Å². The summed E-state index contributed by atoms with van der Waals surface area (Å²) < 4.78 is 35.5. The number of ether oxygens (including phenoxy) is 2. The van der Waals surface area contributed by atoms with Crippen LogP contribution >= 0.6 is 23.1 Å². The Bertz CT molecular complexity index is 1200. The first-order valence-electron chi connectivity index (χ1n) is 9.31. The van der Waals surface area contributed by atoms with E-state index in [1.807, 2.05) is 6.07 Å². The van der Waals surface area contributed by atoms with E-state index in [2.05, 4.69) is 5.32 Å². The molecular formula is C23H16F2N2O4S2. The lowest BCUT2D eigenvalue weighted by Gasteiger charge is -2.10. The Labute approximate surface area is 196 Å². The Morgan fingerprint density at radius 1 is 1.15 bits per heavy atom. The van der Waals surface area contributed by atoms with Gasteiger partial charge in [-0.25, -0.2) is 4.79 Å². The molecule has 168 valence electrons. The van der Waals surface area contributed by atoms with Crippen LogP contribution in [0.4, 0.5) is 14.5 Å². The minimum atomic E-state index is -2.54. The van der Waals surface area contributed by atoms with Crippen LogP contribution in [0.25, 0.3) is 6.08 Å². The van der Waals surface area contributed by atoms with Crippen molar-refractivity contribution < 1.29 is 27.8 Å². The molecule has 0 saturated carbocycles. The number of carbonyl (C=O) groups is 2. The zero-order chi connectivity index (χ0) is 23.8. The summed E-state index contributed by atoms with van der Waals surface area (Å²) in [5, 5.41) is 13.7. The number of nitrogens with one attached hydrogen (secondary N) is 1. The number of methoxy groups -OCH3 is 1. The molecule has 0 aliphatic rings. The lowest BCUT2D eigenvalue weighted by atomic mass is 10.1. The van der Waals surface area contributed by atoms with Crippen molar-refractivity contribution in [2.45, 2.75) is 10.7 Å². The summed E-state index contributed by atoms with van der Waals surface area (Å²) in [4.78, 5) is 25.4. The summed E-state index contributed by atoms with van der Waals surface area (Å²) in [5.74, 6) is -3.29. The number of anilines is 1. The number of thioether (sulfide) groups is 1. The molecule has 0 fully saturated rings. The van der Waals surface area contributed by atoms with Crippen LogP contribution in [-0.2, 0) is 4.79 Å². The number of nitrogens with zero attached hydrogens (tertiary/aromatic N) is 1. The second-order valence-corrected chi connectivity index (χ2v) is 8.32. The molecule has 6 nitrogen and oxygen atoms in total. The lowest BCUT2D eigenvalue weighted by molar-refractivity contribution is -0.112. The average Bonchev–Trinajstić information content (AvgIpc) is 3.34. The van der Waals surface area contributed by atoms with Gasteiger partial charge in [0.1, 0.15) is 16.5 Å². The van der Waals surface area contributed by atoms with Crippen LogP contribution in [0.15, 0.2) is 70.4 Å². The number of rotatable bonds is 8. The summed E-state index contributed by atoms with van der Waals surface area (Å²) in [6, 6.07) is 15.6. The van der Waals surface area contributed by atoms with Crippen molar-refractivity contribution in [3.05, 3.63) is 76.0 Å². The minimum Gasteiger partial charge on any atom is -0.493 e. The average molecular weight is 487 g/mol. The maximum Gasteiger partial charge on any atom is 0.353 e. The van der Waals surface area contributed by atoms with Crippen LogP contribution in [-0.4, -0.2) is 24.7 Å². The lowest BCUT2D eigenvalue weighted by Crippen LogP contribution is -2.13. The number of halogens is 2. The normalized spacial score (nSPS) is 11.1. The van der Waals surface area contributed by atoms with Gasteiger partial charge in [-0.2, -0.15) is 14.0 Å². The van der Waals surface area contributed by atoms with Gasteiger partial charge in [0, 0.05) is 10.6 Å². The third-order valence-corrected chi connectivity index (χ3v) is 5.70. The third-order valence-electron chi connectivity index (χ3n) is 4.13. The summed E-state index contributed by atoms with van der Waals surface area (Å²) in [7, 11) is 1.40. The van der Waals surface area contributed by atoms with Gasteiger partial charge in [-0.05, 0) is 59.5 Å². The smallest absolute Gasteiger partial charge is 0.353 e. The predicted molar refractivity (Wildman–Crippen MR) is 123 cm³/mol. The Balaban J connectivity index is 1.73. The quantitative estimate of drug-likeness (QED) is 0.142. The van der Waals surface area contributed by atoms with Gasteiger partial charge in [-0.15, -0.1) is 11.3 Å². The van der Waals surface area contributed by atoms with Crippen LogP contribution in [0.2, 0.25) is 0 Å². The van der Waals surface area contributed by atoms with E-state index in [9.17, 15) is 23.6 Å². The van der Waals surface area contributed by atoms with Crippen LogP contribution in [0.3, 0.4) is 0 Å². The van der Waals surface area contributed by atoms with E-state index in [4.69, 9.17) is 9.47 Å². The largest absolute Gasteiger partial charge is 0.493 e. The van der Waals surface area contributed by atoms with Crippen LogP contribution in [0.5, 0.6) is 11.5 Å². The van der Waals surface area contributed by atoms with Gasteiger partial charge in [0.2, 0.25) is 0 Å². The predicted octanol–water partition coefficient (Wildman–Crippen LogP) is 5.84. The minimum absolute atomic E-state index is 0.189. The highest BCUT2D eigenvalue weighted by atomic mass is 32.2. The number of thiophene rings is 1. The van der Waals surface area contributed by atoms with Crippen molar-refractivity contribution in [3.63, 3.8) is 0 Å². The molecule has 0 unspecified atom stereocenters. The monoisotopic (exact) mass is 486 g/mol. The molecule has 3 rings (SSSR count). The molecule has 0 atom stereocenters. The molecule has 0 aliphatic carbocycles. The molecule has 0 bridgehead atoms. The molecule has 1 N–H and O–H groups in total. The topological polar surface area (TPSA) is 88.4 Å². The Hall–Kier alpha value is -3.68. The first-order chi connectivity index (χ1) is 15.9. The van der Waals surface area contributed by atoms with Crippen molar-refractivity contribution in [2.75, 3.05) is 12.4 Å². The van der Waals surface area contributed by atoms with Crippen LogP contribution < -0.4 is 14.8 Å². The van der Waals surface area contributed by atoms with E-state index in [-0.39, 0.29) is 17.1 Å². The first kappa shape index (κ1) is 24.0. The molecular weight excluding hydrogens is 470 g/mol. The fourth-order valence-electron chi connectivity index (χ4n) is 2.64. The van der Waals surface area contributed by atoms with Gasteiger partial charge in [-0.1, -0.05) is 23.9 Å². The van der Waals surface area contributed by atoms with E-state index in [1.165, 1.54) is 60.9 Å². The number of nitriles is 1. The van der Waals surface area contributed by atoms with Gasteiger partial charge in [-0.3, -0.25) is 4.79 Å². The number of benzene rings is 2. The fraction of sp³-hybridized carbons (Fsp3) is 0.0870. The number of amides is 1. The first-order valence-corrected chi connectivity index (χ1v) is 11.1. The van der Waals surface area contributed by atoms with Crippen molar-refractivity contribution in [2.24, 2.45) is 0 Å². The van der Waals surface area contributed by atoms with E-state index in [0.717, 1.165) is 0 Å². The van der Waals surface area contributed by atoms with Gasteiger partial charge in [0.25, 0.3) is 11.7 Å². The van der Waals surface area contributed by atoms with Gasteiger partial charge in [0.15, 0.2) is 11.5 Å². The van der Waals surface area contributed by atoms with Gasteiger partial charge < -0.3 is 14.8 Å². The maximum absolute atomic E-state index is 12.5. The second kappa shape index (κ2) is 11.3. The van der Waals surface area contributed by atoms with Crippen LogP contribution in [0, 0.1) is 11.3 Å². The molecule has 1 aromatic heterocycles. The zero-order valence-corrected chi connectivity index (χ0v) is 18.7. The third kappa shape index (κ3) is 6.65. The fourth-order valence-corrected chi connectivity index (χ4v) is 3.73. The van der Waals surface area contributed by atoms with Crippen molar-refractivity contribution >= 4 is 46.7 Å². The summed E-state index contributed by atoms with van der Waals surface area (Å²) in [5.41, 5.74) is 0.637. The summed E-state index contributed by atoms with van der Waals surface area (Å²) in [6.45, 7) is 0. The number of hydrogen-bond donors (Lipinski definition) is 1. The molecule has 0 saturated heterocycles. The van der Waals surface area contributed by atoms with Gasteiger partial charge in [0.05, 0.1) is 7.11 Å². The molecule has 0 aliphatic heterocycles. The highest BCUT2D eigenvalue weighted by Crippen LogP contribution is 2.30. The van der Waals surface area contributed by atoms with E-state index < -0.39 is 17.6 Å². The summed E-state index contributed by atoms with van der Waals surface area (Å²) in [6.07, 6.45) is 1.35. The zero-order valence-electron chi connectivity index (χ0n) is 17.1. The SMILES string of the molecule is COc1cc(/C=C(/C#N)C(=O)Nc2ccc(SC(F)F)cc2)ccc1OC(=O)c1cccs1. The number of carbonyl (C=O) groups excluding carboxylic acids is 2. The molecule has 10 heteroatoms. The summed E-state index contributed by atoms with van der Waals surface area (Å²) >= 11 is 1.64. The van der Waals surface area contributed by atoms with E-state index in [0.29, 0.717) is 32.8 Å². The Morgan fingerprint density at radius 3 is 2.52 bits per heavy atom. The standard InChI is InChI=1S/C23H16F2N2O4S2/c1-30-19-12-14(4-9-18(19)31-22(29)20-3-2-10-32-20)11-15(13-26)21(28)27-16-5-7-17(8-6-16)33-23(24)25/h2-12,23H,1H3,(H,27,28)/b15-11-. The molecule has 0 radical (unpaired) electrons. The van der Waals surface area contributed by atoms with Gasteiger partial charge >= 0.3 is 5.97 Å². The second-order valence-electron chi connectivity index (χ2n) is 6.30. The molecule has 33 heavy (non-hydrogen) atoms. The molecule has 1 amide bonds. The number of esters is 1. The number of hydrogen-bond acceptors (Lipinski definition) is 7. The highest BCUT2D eigenvalue weighted by molar-refractivity contribution is 7.99. The number of alkyl halides is 2. The Kier molecular flexibility index (Phi) is 8.18. The molecule has 2 aromatic carbocycles. The van der Waals surface area contributed by atoms with Crippen molar-refractivity contribution in [3.8, 4) is 17.6 Å². The molecule has 3 aromatic rings. The maximum atomic E-state index is 12.5. The van der Waals surface area contributed by atoms with Crippen molar-refractivity contribution in [1.29, 1.82) is 5.26 Å². The Morgan fingerprint density at radius 2 is 1.91 bits per heavy atom.